The van der Waals surface area contributed by atoms with Crippen LogP contribution < -0.4 is 0 Å². The molecule has 1 atom stereocenters. The minimum atomic E-state index is 0.106. The van der Waals surface area contributed by atoms with E-state index in [-0.39, 0.29) is 11.0 Å². The minimum absolute atomic E-state index is 0.106. The highest BCUT2D eigenvalue weighted by atomic mass is 32.2. The number of carbonyl (C=O) groups is 1. The SMILES string of the molecule is CN(C)CC1SCc2ccccc2C1=O. The van der Waals surface area contributed by atoms with Crippen molar-refractivity contribution in [3.8, 4) is 0 Å². The monoisotopic (exact) mass is 221 g/mol. The maximum absolute atomic E-state index is 12.1. The lowest BCUT2D eigenvalue weighted by Gasteiger charge is -2.25. The average Bonchev–Trinajstić information content (AvgIpc) is 2.22. The number of nitrogens with zero attached hydrogens (tertiary/aromatic N) is 1. The molecule has 0 amide bonds. The molecule has 2 rings (SSSR count). The van der Waals surface area contributed by atoms with Gasteiger partial charge in [0.15, 0.2) is 5.78 Å². The van der Waals surface area contributed by atoms with Crippen molar-refractivity contribution in [3.63, 3.8) is 0 Å². The fourth-order valence-electron chi connectivity index (χ4n) is 1.79. The van der Waals surface area contributed by atoms with Crippen LogP contribution in [0.5, 0.6) is 0 Å². The van der Waals surface area contributed by atoms with Gasteiger partial charge in [0.25, 0.3) is 0 Å². The second kappa shape index (κ2) is 4.37. The van der Waals surface area contributed by atoms with Crippen LogP contribution in [0.25, 0.3) is 0 Å². The molecular formula is C12H15NOS. The first-order chi connectivity index (χ1) is 7.18. The zero-order valence-corrected chi connectivity index (χ0v) is 9.88. The summed E-state index contributed by atoms with van der Waals surface area (Å²) >= 11 is 1.75. The number of carbonyl (C=O) groups excluding carboxylic acids is 1. The summed E-state index contributed by atoms with van der Waals surface area (Å²) in [6.45, 7) is 0.831. The molecule has 1 aliphatic heterocycles. The average molecular weight is 221 g/mol. The molecular weight excluding hydrogens is 206 g/mol. The van der Waals surface area contributed by atoms with Gasteiger partial charge in [-0.05, 0) is 19.7 Å². The number of hydrogen-bond acceptors (Lipinski definition) is 3. The molecule has 0 spiro atoms. The summed E-state index contributed by atoms with van der Waals surface area (Å²) in [5.74, 6) is 1.25. The number of ketones is 1. The summed E-state index contributed by atoms with van der Waals surface area (Å²) in [6, 6.07) is 7.94. The molecule has 80 valence electrons. The van der Waals surface area contributed by atoms with E-state index in [1.807, 2.05) is 38.4 Å². The number of thioether (sulfide) groups is 1. The maximum atomic E-state index is 12.1. The molecule has 0 fully saturated rings. The van der Waals surface area contributed by atoms with E-state index in [1.165, 1.54) is 5.56 Å². The highest BCUT2D eigenvalue weighted by Crippen LogP contribution is 2.30. The Balaban J connectivity index is 2.22. The topological polar surface area (TPSA) is 20.3 Å². The predicted octanol–water partition coefficient (Wildman–Crippen LogP) is 2.05. The second-order valence-electron chi connectivity index (χ2n) is 4.08. The van der Waals surface area contributed by atoms with Gasteiger partial charge in [0, 0.05) is 17.9 Å². The van der Waals surface area contributed by atoms with Gasteiger partial charge >= 0.3 is 0 Å². The van der Waals surface area contributed by atoms with Gasteiger partial charge in [0.05, 0.1) is 5.25 Å². The minimum Gasteiger partial charge on any atom is -0.308 e. The first kappa shape index (κ1) is 10.7. The molecule has 1 aromatic rings. The van der Waals surface area contributed by atoms with Crippen molar-refractivity contribution < 1.29 is 4.79 Å². The Morgan fingerprint density at radius 3 is 2.87 bits per heavy atom. The van der Waals surface area contributed by atoms with Gasteiger partial charge in [-0.1, -0.05) is 24.3 Å². The van der Waals surface area contributed by atoms with E-state index in [2.05, 4.69) is 4.90 Å². The van der Waals surface area contributed by atoms with E-state index < -0.39 is 0 Å². The standard InChI is InChI=1S/C12H15NOS/c1-13(2)7-11-12(14)10-6-4-3-5-9(10)8-15-11/h3-6,11H,7-8H2,1-2H3. The molecule has 0 saturated carbocycles. The van der Waals surface area contributed by atoms with Crippen LogP contribution in [0.2, 0.25) is 0 Å². The largest absolute Gasteiger partial charge is 0.308 e. The Hall–Kier alpha value is -0.800. The van der Waals surface area contributed by atoms with E-state index in [0.717, 1.165) is 17.9 Å². The Labute approximate surface area is 94.7 Å². The van der Waals surface area contributed by atoms with Crippen molar-refractivity contribution in [2.24, 2.45) is 0 Å². The number of hydrogen-bond donors (Lipinski definition) is 0. The first-order valence-electron chi connectivity index (χ1n) is 5.07. The Morgan fingerprint density at radius 1 is 1.40 bits per heavy atom. The molecule has 1 unspecified atom stereocenters. The summed E-state index contributed by atoms with van der Waals surface area (Å²) < 4.78 is 0. The number of Topliss-reactive ketones (excluding diaryl/α,β-unsaturated/α-hetero) is 1. The summed E-state index contributed by atoms with van der Waals surface area (Å²) in [4.78, 5) is 14.2. The third-order valence-electron chi connectivity index (χ3n) is 2.55. The molecule has 0 aromatic heterocycles. The molecule has 2 nitrogen and oxygen atoms in total. The highest BCUT2D eigenvalue weighted by molar-refractivity contribution is 8.00. The van der Waals surface area contributed by atoms with Crippen LogP contribution in [0.4, 0.5) is 0 Å². The van der Waals surface area contributed by atoms with E-state index >= 15 is 0 Å². The Morgan fingerprint density at radius 2 is 2.13 bits per heavy atom. The van der Waals surface area contributed by atoms with Crippen LogP contribution in [0.1, 0.15) is 15.9 Å². The van der Waals surface area contributed by atoms with E-state index in [0.29, 0.717) is 0 Å². The Kier molecular flexibility index (Phi) is 3.12. The molecule has 15 heavy (non-hydrogen) atoms. The van der Waals surface area contributed by atoms with Crippen LogP contribution in [0.3, 0.4) is 0 Å². The zero-order chi connectivity index (χ0) is 10.8. The van der Waals surface area contributed by atoms with Crippen molar-refractivity contribution in [1.29, 1.82) is 0 Å². The smallest absolute Gasteiger partial charge is 0.177 e. The van der Waals surface area contributed by atoms with Gasteiger partial charge in [-0.25, -0.2) is 0 Å². The van der Waals surface area contributed by atoms with Crippen molar-refractivity contribution in [2.75, 3.05) is 20.6 Å². The van der Waals surface area contributed by atoms with Gasteiger partial charge in [-0.3, -0.25) is 4.79 Å². The van der Waals surface area contributed by atoms with Crippen LogP contribution in [0.15, 0.2) is 24.3 Å². The van der Waals surface area contributed by atoms with E-state index in [4.69, 9.17) is 0 Å². The van der Waals surface area contributed by atoms with E-state index in [1.54, 1.807) is 11.8 Å². The maximum Gasteiger partial charge on any atom is 0.177 e. The molecule has 1 heterocycles. The van der Waals surface area contributed by atoms with Crippen molar-refractivity contribution >= 4 is 17.5 Å². The van der Waals surface area contributed by atoms with Crippen molar-refractivity contribution in [1.82, 2.24) is 4.90 Å². The van der Waals surface area contributed by atoms with Gasteiger partial charge in [-0.15, -0.1) is 11.8 Å². The van der Waals surface area contributed by atoms with Gasteiger partial charge in [-0.2, -0.15) is 0 Å². The summed E-state index contributed by atoms with van der Waals surface area (Å²) in [7, 11) is 4.02. The van der Waals surface area contributed by atoms with Crippen LogP contribution >= 0.6 is 11.8 Å². The third kappa shape index (κ3) is 2.24. The lowest BCUT2D eigenvalue weighted by Crippen LogP contribution is -2.33. The molecule has 0 N–H and O–H groups in total. The zero-order valence-electron chi connectivity index (χ0n) is 9.06. The predicted molar refractivity (Wildman–Crippen MR) is 64.4 cm³/mol. The molecule has 0 bridgehead atoms. The quantitative estimate of drug-likeness (QED) is 0.762. The molecule has 3 heteroatoms. The van der Waals surface area contributed by atoms with Gasteiger partial charge in [0.1, 0.15) is 0 Å². The third-order valence-corrected chi connectivity index (χ3v) is 3.79. The van der Waals surface area contributed by atoms with Crippen molar-refractivity contribution in [3.05, 3.63) is 35.4 Å². The Bertz CT molecular complexity index is 376. The highest BCUT2D eigenvalue weighted by Gasteiger charge is 2.27. The first-order valence-corrected chi connectivity index (χ1v) is 6.12. The number of benzene rings is 1. The fraction of sp³-hybridized carbons (Fsp3) is 0.417. The van der Waals surface area contributed by atoms with E-state index in [9.17, 15) is 4.79 Å². The van der Waals surface area contributed by atoms with Crippen LogP contribution in [-0.2, 0) is 5.75 Å². The lowest BCUT2D eigenvalue weighted by molar-refractivity contribution is 0.0977. The number of fused-ring (bicyclic) bond motifs is 1. The van der Waals surface area contributed by atoms with Gasteiger partial charge in [0.2, 0.25) is 0 Å². The summed E-state index contributed by atoms with van der Waals surface area (Å²) in [6.07, 6.45) is 0. The molecule has 1 aliphatic rings. The van der Waals surface area contributed by atoms with Crippen molar-refractivity contribution in [2.45, 2.75) is 11.0 Å². The molecule has 0 saturated heterocycles. The van der Waals surface area contributed by atoms with Crippen LogP contribution in [0, 0.1) is 0 Å². The summed E-state index contributed by atoms with van der Waals surface area (Å²) in [5, 5.41) is 0.106. The molecule has 0 radical (unpaired) electrons. The number of rotatable bonds is 2. The fourth-order valence-corrected chi connectivity index (χ4v) is 3.11. The van der Waals surface area contributed by atoms with Gasteiger partial charge < -0.3 is 4.90 Å². The van der Waals surface area contributed by atoms with Crippen LogP contribution in [-0.4, -0.2) is 36.6 Å². The second-order valence-corrected chi connectivity index (χ2v) is 5.27. The summed E-state index contributed by atoms with van der Waals surface area (Å²) in [5.41, 5.74) is 2.10. The molecule has 1 aromatic carbocycles. The normalized spacial score (nSPS) is 20.5. The lowest BCUT2D eigenvalue weighted by atomic mass is 10.0. The molecule has 0 aliphatic carbocycles.